The van der Waals surface area contributed by atoms with Crippen molar-refractivity contribution in [2.24, 2.45) is 0 Å². The van der Waals surface area contributed by atoms with E-state index in [1.54, 1.807) is 57.2 Å². The Morgan fingerprint density at radius 3 is 1.36 bits per heavy atom. The largest absolute Gasteiger partial charge is 0.315 e. The Labute approximate surface area is 262 Å². The van der Waals surface area contributed by atoms with Crippen LogP contribution >= 0.6 is 0 Å². The van der Waals surface area contributed by atoms with Crippen LogP contribution in [0.1, 0.15) is 29.5 Å². The number of aryl methyl sites for hydroxylation is 3. The summed E-state index contributed by atoms with van der Waals surface area (Å²) in [5.74, 6) is 0. The van der Waals surface area contributed by atoms with Gasteiger partial charge in [0.2, 0.25) is 29.7 Å². The fourth-order valence-corrected chi connectivity index (χ4v) is 12.6. The van der Waals surface area contributed by atoms with Crippen LogP contribution in [0.2, 0.25) is 0 Å². The Balaban J connectivity index is 2.08. The molecular weight excluding hydrogens is 621 g/mol. The van der Waals surface area contributed by atoms with Gasteiger partial charge in [-0.25, -0.2) is 25.3 Å². The van der Waals surface area contributed by atoms with Crippen LogP contribution < -0.4 is 16.0 Å². The molecular formula is C31H42N4O6S3. The number of nitrogens with one attached hydrogen (secondary N) is 3. The number of sulfone groups is 2. The van der Waals surface area contributed by atoms with Crippen molar-refractivity contribution in [1.29, 1.82) is 0 Å². The molecule has 1 aliphatic heterocycles. The number of hydrogen-bond donors (Lipinski definition) is 3. The fraction of sp³-hybridized carbons (Fsp3) is 0.419. The van der Waals surface area contributed by atoms with Crippen molar-refractivity contribution in [3.8, 4) is 0 Å². The maximum absolute atomic E-state index is 15.0. The number of hydrogen-bond acceptors (Lipinski definition) is 9. The molecule has 4 rings (SSSR count). The zero-order valence-electron chi connectivity index (χ0n) is 25.4. The smallest absolute Gasteiger partial charge is 0.260 e. The third kappa shape index (κ3) is 6.94. The third-order valence-electron chi connectivity index (χ3n) is 7.74. The van der Waals surface area contributed by atoms with Crippen molar-refractivity contribution in [3.05, 3.63) is 89.5 Å². The highest BCUT2D eigenvalue weighted by molar-refractivity contribution is 8.11. The summed E-state index contributed by atoms with van der Waals surface area (Å²) in [6.45, 7) is 6.87. The van der Waals surface area contributed by atoms with E-state index in [0.29, 0.717) is 36.9 Å². The lowest BCUT2D eigenvalue weighted by molar-refractivity contribution is 0.317. The maximum Gasteiger partial charge on any atom is 0.260 e. The standard InChI is InChI=1S/C31H42N4O6S3/c1-25-6-12-28(13-7-25)42(36,37)31(43(38,39)29-14-8-26(2)9-15-29)24-34-19-4-18-32-21-22-33-20-5-23-35(31)44(40,41)30-16-10-27(3)11-17-30/h6-17,32-34H,4-5,18-24H2,1-3H3. The van der Waals surface area contributed by atoms with Crippen molar-refractivity contribution in [1.82, 2.24) is 20.3 Å². The number of nitrogens with zero attached hydrogens (tertiary/aromatic N) is 1. The van der Waals surface area contributed by atoms with Crippen LogP contribution in [-0.4, -0.2) is 79.6 Å². The van der Waals surface area contributed by atoms with Gasteiger partial charge in [-0.2, -0.15) is 4.31 Å². The van der Waals surface area contributed by atoms with Gasteiger partial charge in [0.1, 0.15) is 0 Å². The van der Waals surface area contributed by atoms with Gasteiger partial charge in [-0.15, -0.1) is 0 Å². The summed E-state index contributed by atoms with van der Waals surface area (Å²) in [7, 11) is -14.6. The molecule has 44 heavy (non-hydrogen) atoms. The summed E-state index contributed by atoms with van der Waals surface area (Å²) in [6, 6.07) is 17.6. The van der Waals surface area contributed by atoms with Gasteiger partial charge in [-0.05, 0) is 89.6 Å². The first-order valence-corrected chi connectivity index (χ1v) is 19.1. The molecule has 0 aliphatic carbocycles. The molecule has 1 heterocycles. The van der Waals surface area contributed by atoms with E-state index in [9.17, 15) is 8.42 Å². The minimum Gasteiger partial charge on any atom is -0.315 e. The van der Waals surface area contributed by atoms with Crippen molar-refractivity contribution in [2.45, 2.75) is 52.5 Å². The summed E-state index contributed by atoms with van der Waals surface area (Å²) in [4.78, 5) is -0.764. The summed E-state index contributed by atoms with van der Waals surface area (Å²) < 4.78 is 87.2. The SMILES string of the molecule is Cc1ccc(S(=O)(=O)N2CCCNCCNCCCNCC2(S(=O)(=O)c2ccc(C)cc2)S(=O)(=O)c2ccc(C)cc2)cc1. The molecule has 0 aromatic heterocycles. The minimum atomic E-state index is -4.95. The summed E-state index contributed by atoms with van der Waals surface area (Å²) in [6.07, 6.45) is 0.732. The van der Waals surface area contributed by atoms with Crippen molar-refractivity contribution < 1.29 is 25.3 Å². The van der Waals surface area contributed by atoms with Gasteiger partial charge in [0.25, 0.3) is 4.20 Å². The van der Waals surface area contributed by atoms with Crippen molar-refractivity contribution >= 4 is 29.7 Å². The third-order valence-corrected chi connectivity index (χ3v) is 15.4. The van der Waals surface area contributed by atoms with E-state index in [1.165, 1.54) is 36.4 Å². The van der Waals surface area contributed by atoms with Crippen LogP contribution in [0.25, 0.3) is 0 Å². The van der Waals surface area contributed by atoms with Crippen LogP contribution in [0.4, 0.5) is 0 Å². The van der Waals surface area contributed by atoms with E-state index < -0.39 is 40.4 Å². The quantitative estimate of drug-likeness (QED) is 0.363. The van der Waals surface area contributed by atoms with Crippen molar-refractivity contribution in [2.75, 3.05) is 45.8 Å². The van der Waals surface area contributed by atoms with Crippen LogP contribution in [0.3, 0.4) is 0 Å². The van der Waals surface area contributed by atoms with Gasteiger partial charge < -0.3 is 16.0 Å². The second kappa shape index (κ2) is 14.2. The van der Waals surface area contributed by atoms with Crippen LogP contribution in [0, 0.1) is 20.8 Å². The highest BCUT2D eigenvalue weighted by Crippen LogP contribution is 2.42. The first-order valence-electron chi connectivity index (χ1n) is 14.7. The summed E-state index contributed by atoms with van der Waals surface area (Å²) >= 11 is 0. The summed E-state index contributed by atoms with van der Waals surface area (Å²) in [5, 5.41) is 9.58. The fourth-order valence-electron chi connectivity index (χ4n) is 5.16. The predicted molar refractivity (Wildman–Crippen MR) is 172 cm³/mol. The molecule has 240 valence electrons. The second-order valence-electron chi connectivity index (χ2n) is 11.1. The van der Waals surface area contributed by atoms with Gasteiger partial charge in [0.15, 0.2) is 0 Å². The van der Waals surface area contributed by atoms with Crippen LogP contribution in [0.15, 0.2) is 87.5 Å². The second-order valence-corrected chi connectivity index (χ2v) is 17.5. The van der Waals surface area contributed by atoms with Gasteiger partial charge in [0.05, 0.1) is 14.7 Å². The van der Waals surface area contributed by atoms with E-state index in [2.05, 4.69) is 16.0 Å². The van der Waals surface area contributed by atoms with E-state index in [4.69, 9.17) is 0 Å². The molecule has 1 saturated heterocycles. The summed E-state index contributed by atoms with van der Waals surface area (Å²) in [5.41, 5.74) is 2.34. The number of rotatable bonds is 6. The molecule has 13 heteroatoms. The van der Waals surface area contributed by atoms with E-state index in [-0.39, 0.29) is 34.2 Å². The van der Waals surface area contributed by atoms with Crippen LogP contribution in [-0.2, 0) is 29.7 Å². The molecule has 0 spiro atoms. The Hall–Kier alpha value is -2.65. The Morgan fingerprint density at radius 1 is 0.523 bits per heavy atom. The Kier molecular flexibility index (Phi) is 11.0. The number of benzene rings is 3. The highest BCUT2D eigenvalue weighted by atomic mass is 32.3. The van der Waals surface area contributed by atoms with Gasteiger partial charge >= 0.3 is 0 Å². The van der Waals surface area contributed by atoms with Gasteiger partial charge in [0, 0.05) is 26.2 Å². The van der Waals surface area contributed by atoms with Crippen molar-refractivity contribution in [3.63, 3.8) is 0 Å². The first-order chi connectivity index (χ1) is 20.8. The number of sulfonamides is 1. The average molecular weight is 663 g/mol. The van der Waals surface area contributed by atoms with Gasteiger partial charge in [-0.3, -0.25) is 0 Å². The normalized spacial score (nSPS) is 18.3. The molecule has 10 nitrogen and oxygen atoms in total. The molecule has 1 fully saturated rings. The van der Waals surface area contributed by atoms with Gasteiger partial charge in [-0.1, -0.05) is 53.1 Å². The monoisotopic (exact) mass is 662 g/mol. The minimum absolute atomic E-state index is 0.166. The molecule has 0 bridgehead atoms. The lowest BCUT2D eigenvalue weighted by atomic mass is 10.2. The molecule has 3 aromatic carbocycles. The molecule has 0 amide bonds. The molecule has 0 saturated carbocycles. The average Bonchev–Trinajstić information content (AvgIpc) is 2.98. The Morgan fingerprint density at radius 2 is 0.909 bits per heavy atom. The van der Waals surface area contributed by atoms with E-state index in [0.717, 1.165) is 16.7 Å². The maximum atomic E-state index is 15.0. The predicted octanol–water partition coefficient (Wildman–Crippen LogP) is 2.77. The lowest BCUT2D eigenvalue weighted by Gasteiger charge is -2.41. The first kappa shape index (κ1) is 34.2. The van der Waals surface area contributed by atoms with E-state index in [1.807, 2.05) is 0 Å². The topological polar surface area (TPSA) is 142 Å². The molecule has 3 N–H and O–H groups in total. The molecule has 0 unspecified atom stereocenters. The Bertz CT molecular complexity index is 1650. The molecule has 0 atom stereocenters. The zero-order chi connectivity index (χ0) is 32.0. The lowest BCUT2D eigenvalue weighted by Crippen LogP contribution is -2.66. The van der Waals surface area contributed by atoms with E-state index >= 15 is 16.8 Å². The molecule has 1 aliphatic rings. The zero-order valence-corrected chi connectivity index (χ0v) is 27.9. The highest BCUT2D eigenvalue weighted by Gasteiger charge is 2.63. The van der Waals surface area contributed by atoms with Crippen LogP contribution in [0.5, 0.6) is 0 Å². The molecule has 0 radical (unpaired) electrons. The molecule has 3 aromatic rings.